The van der Waals surface area contributed by atoms with Crippen LogP contribution in [0.15, 0.2) is 88.9 Å². The Morgan fingerprint density at radius 3 is 2.43 bits per heavy atom. The van der Waals surface area contributed by atoms with Gasteiger partial charge in [-0.1, -0.05) is 48.5 Å². The second-order valence-electron chi connectivity index (χ2n) is 8.21. The number of carbonyl (C=O) groups is 1. The fraction of sp³-hybridized carbons (Fsp3) is 0.231. The Bertz CT molecular complexity index is 1300. The van der Waals surface area contributed by atoms with Gasteiger partial charge in [-0.3, -0.25) is 14.4 Å². The SMILES string of the molecule is COc1ccccc1NS(=O)(=O)c1cccc(C(=O)NN=C2CCN(Cc3ccccc3)CC2)c1. The summed E-state index contributed by atoms with van der Waals surface area (Å²) < 4.78 is 33.5. The minimum atomic E-state index is -3.92. The van der Waals surface area contributed by atoms with Gasteiger partial charge in [0.05, 0.1) is 17.7 Å². The summed E-state index contributed by atoms with van der Waals surface area (Å²) in [6, 6.07) is 22.9. The molecule has 182 valence electrons. The average Bonchev–Trinajstić information content (AvgIpc) is 2.89. The van der Waals surface area contributed by atoms with Crippen LogP contribution in [0.4, 0.5) is 5.69 Å². The van der Waals surface area contributed by atoms with Crippen molar-refractivity contribution in [1.29, 1.82) is 0 Å². The molecule has 1 fully saturated rings. The molecule has 1 heterocycles. The van der Waals surface area contributed by atoms with Gasteiger partial charge in [0.15, 0.2) is 0 Å². The zero-order valence-corrected chi connectivity index (χ0v) is 20.3. The van der Waals surface area contributed by atoms with Gasteiger partial charge >= 0.3 is 0 Å². The summed E-state index contributed by atoms with van der Waals surface area (Å²) in [6.45, 7) is 2.63. The summed E-state index contributed by atoms with van der Waals surface area (Å²) in [5.74, 6) is -0.0610. The summed E-state index contributed by atoms with van der Waals surface area (Å²) >= 11 is 0. The van der Waals surface area contributed by atoms with Crippen LogP contribution in [0.3, 0.4) is 0 Å². The predicted molar refractivity (Wildman–Crippen MR) is 136 cm³/mol. The molecule has 0 atom stereocenters. The minimum Gasteiger partial charge on any atom is -0.495 e. The molecular weight excluding hydrogens is 464 g/mol. The summed E-state index contributed by atoms with van der Waals surface area (Å²) in [6.07, 6.45) is 1.54. The summed E-state index contributed by atoms with van der Waals surface area (Å²) in [5, 5.41) is 4.29. The van der Waals surface area contributed by atoms with Gasteiger partial charge in [0.25, 0.3) is 15.9 Å². The number of hydrogen-bond donors (Lipinski definition) is 2. The highest BCUT2D eigenvalue weighted by molar-refractivity contribution is 7.92. The number of amides is 1. The molecule has 9 heteroatoms. The molecule has 0 spiro atoms. The Morgan fingerprint density at radius 1 is 0.971 bits per heavy atom. The van der Waals surface area contributed by atoms with Crippen molar-refractivity contribution in [2.45, 2.75) is 24.3 Å². The van der Waals surface area contributed by atoms with E-state index in [1.165, 1.54) is 30.9 Å². The van der Waals surface area contributed by atoms with E-state index < -0.39 is 15.9 Å². The van der Waals surface area contributed by atoms with Crippen molar-refractivity contribution in [3.63, 3.8) is 0 Å². The van der Waals surface area contributed by atoms with Crippen LogP contribution in [0, 0.1) is 0 Å². The number of hydrogen-bond acceptors (Lipinski definition) is 6. The van der Waals surface area contributed by atoms with Crippen LogP contribution in [0.5, 0.6) is 5.75 Å². The fourth-order valence-electron chi connectivity index (χ4n) is 3.85. The maximum atomic E-state index is 12.9. The number of para-hydroxylation sites is 2. The van der Waals surface area contributed by atoms with Crippen molar-refractivity contribution in [3.05, 3.63) is 90.0 Å². The standard InChI is InChI=1S/C26H28N4O4S/c1-34-25-13-6-5-12-24(25)29-35(32,33)23-11-7-10-21(18-23)26(31)28-27-22-14-16-30(17-15-22)19-20-8-3-2-4-9-20/h2-13,18,29H,14-17,19H2,1H3,(H,28,31). The minimum absolute atomic E-state index is 0.0297. The van der Waals surface area contributed by atoms with E-state index in [1.807, 2.05) is 18.2 Å². The molecule has 2 N–H and O–H groups in total. The Kier molecular flexibility index (Phi) is 7.79. The number of carbonyl (C=O) groups excluding carboxylic acids is 1. The van der Waals surface area contributed by atoms with Crippen LogP contribution in [-0.2, 0) is 16.6 Å². The lowest BCUT2D eigenvalue weighted by molar-refractivity contribution is 0.0954. The fourth-order valence-corrected chi connectivity index (χ4v) is 4.97. The molecule has 35 heavy (non-hydrogen) atoms. The smallest absolute Gasteiger partial charge is 0.271 e. The van der Waals surface area contributed by atoms with E-state index in [9.17, 15) is 13.2 Å². The van der Waals surface area contributed by atoms with Gasteiger partial charge in [0, 0.05) is 43.8 Å². The number of nitrogens with zero attached hydrogens (tertiary/aromatic N) is 2. The molecule has 0 aromatic heterocycles. The molecule has 1 amide bonds. The maximum absolute atomic E-state index is 12.9. The molecule has 4 rings (SSSR count). The number of anilines is 1. The van der Waals surface area contributed by atoms with E-state index in [1.54, 1.807) is 30.3 Å². The molecule has 1 aliphatic heterocycles. The Labute approximate surface area is 205 Å². The number of nitrogens with one attached hydrogen (secondary N) is 2. The summed E-state index contributed by atoms with van der Waals surface area (Å²) in [5.41, 5.74) is 5.29. The third kappa shape index (κ3) is 6.46. The zero-order valence-electron chi connectivity index (χ0n) is 19.5. The van der Waals surface area contributed by atoms with E-state index in [4.69, 9.17) is 4.74 Å². The van der Waals surface area contributed by atoms with Gasteiger partial charge in [-0.25, -0.2) is 13.8 Å². The van der Waals surface area contributed by atoms with Crippen molar-refractivity contribution < 1.29 is 17.9 Å². The molecule has 0 aliphatic carbocycles. The molecule has 0 saturated carbocycles. The quantitative estimate of drug-likeness (QED) is 0.465. The lowest BCUT2D eigenvalue weighted by Gasteiger charge is -2.27. The number of ether oxygens (including phenoxy) is 1. The zero-order chi connectivity index (χ0) is 24.7. The first-order chi connectivity index (χ1) is 16.9. The topological polar surface area (TPSA) is 100 Å². The van der Waals surface area contributed by atoms with Crippen LogP contribution in [-0.4, -0.2) is 45.1 Å². The van der Waals surface area contributed by atoms with E-state index >= 15 is 0 Å². The first-order valence-electron chi connectivity index (χ1n) is 11.3. The Morgan fingerprint density at radius 2 is 1.69 bits per heavy atom. The Hall–Kier alpha value is -3.69. The predicted octanol–water partition coefficient (Wildman–Crippen LogP) is 3.88. The van der Waals surface area contributed by atoms with Gasteiger partial charge in [-0.05, 0) is 35.9 Å². The van der Waals surface area contributed by atoms with Crippen molar-refractivity contribution in [2.24, 2.45) is 5.10 Å². The van der Waals surface area contributed by atoms with E-state index in [-0.39, 0.29) is 10.5 Å². The van der Waals surface area contributed by atoms with Crippen LogP contribution < -0.4 is 14.9 Å². The second kappa shape index (κ2) is 11.2. The lowest BCUT2D eigenvalue weighted by Crippen LogP contribution is -2.34. The van der Waals surface area contributed by atoms with Crippen LogP contribution in [0.2, 0.25) is 0 Å². The number of piperidine rings is 1. The van der Waals surface area contributed by atoms with Gasteiger partial charge < -0.3 is 4.74 Å². The number of methoxy groups -OCH3 is 1. The van der Waals surface area contributed by atoms with E-state index in [0.717, 1.165) is 38.2 Å². The number of hydrazone groups is 1. The first kappa shape index (κ1) is 24.4. The molecule has 0 bridgehead atoms. The van der Waals surface area contributed by atoms with Crippen LogP contribution >= 0.6 is 0 Å². The van der Waals surface area contributed by atoms with Gasteiger partial charge in [-0.15, -0.1) is 0 Å². The van der Waals surface area contributed by atoms with Gasteiger partial charge in [-0.2, -0.15) is 5.10 Å². The number of likely N-dealkylation sites (tertiary alicyclic amines) is 1. The normalized spacial score (nSPS) is 14.3. The molecule has 0 radical (unpaired) electrons. The Balaban J connectivity index is 1.36. The molecule has 1 saturated heterocycles. The van der Waals surface area contributed by atoms with Gasteiger partial charge in [0.1, 0.15) is 5.75 Å². The summed E-state index contributed by atoms with van der Waals surface area (Å²) in [4.78, 5) is 15.0. The van der Waals surface area contributed by atoms with E-state index in [2.05, 4.69) is 32.3 Å². The average molecular weight is 493 g/mol. The van der Waals surface area contributed by atoms with Crippen molar-refractivity contribution >= 4 is 27.3 Å². The maximum Gasteiger partial charge on any atom is 0.271 e. The highest BCUT2D eigenvalue weighted by Gasteiger charge is 2.19. The second-order valence-corrected chi connectivity index (χ2v) is 9.90. The van der Waals surface area contributed by atoms with Crippen molar-refractivity contribution in [1.82, 2.24) is 10.3 Å². The molecule has 8 nitrogen and oxygen atoms in total. The monoisotopic (exact) mass is 492 g/mol. The van der Waals surface area contributed by atoms with E-state index in [0.29, 0.717) is 11.4 Å². The number of rotatable bonds is 8. The number of sulfonamides is 1. The number of benzene rings is 3. The molecule has 3 aromatic carbocycles. The van der Waals surface area contributed by atoms with Crippen molar-refractivity contribution in [2.75, 3.05) is 24.9 Å². The summed E-state index contributed by atoms with van der Waals surface area (Å²) in [7, 11) is -2.46. The third-order valence-corrected chi connectivity index (χ3v) is 7.12. The lowest BCUT2D eigenvalue weighted by atomic mass is 10.1. The van der Waals surface area contributed by atoms with Gasteiger partial charge in [0.2, 0.25) is 0 Å². The third-order valence-electron chi connectivity index (χ3n) is 5.76. The first-order valence-corrected chi connectivity index (χ1v) is 12.8. The largest absolute Gasteiger partial charge is 0.495 e. The molecular formula is C26H28N4O4S. The molecule has 3 aromatic rings. The van der Waals surface area contributed by atoms with Crippen molar-refractivity contribution in [3.8, 4) is 5.75 Å². The van der Waals surface area contributed by atoms with Crippen LogP contribution in [0.1, 0.15) is 28.8 Å². The molecule has 0 unspecified atom stereocenters. The highest BCUT2D eigenvalue weighted by Crippen LogP contribution is 2.26. The molecule has 1 aliphatic rings. The highest BCUT2D eigenvalue weighted by atomic mass is 32.2. The van der Waals surface area contributed by atoms with Crippen LogP contribution in [0.25, 0.3) is 0 Å².